The van der Waals surface area contributed by atoms with Crippen LogP contribution in [0.15, 0.2) is 30.5 Å². The molecule has 96 valence electrons. The van der Waals surface area contributed by atoms with Gasteiger partial charge in [0.05, 0.1) is 17.8 Å². The Hall–Kier alpha value is -2.68. The zero-order valence-electron chi connectivity index (χ0n) is 10.5. The standard InChI is InChI=1S/C13H13N5O/c1-2-18(13(19)12-8-15-17-16-12)9-11-6-4-3-5-10(11)7-14/h3-6,8H,2,9H2,1H3,(H,15,16,17). The third-order valence-corrected chi connectivity index (χ3v) is 2.80. The SMILES string of the molecule is CCN(Cc1ccccc1C#N)C(=O)c1cn[nH]n1. The van der Waals surface area contributed by atoms with Crippen LogP contribution in [0.3, 0.4) is 0 Å². The molecule has 0 atom stereocenters. The van der Waals surface area contributed by atoms with Crippen molar-refractivity contribution >= 4 is 5.91 Å². The summed E-state index contributed by atoms with van der Waals surface area (Å²) in [6.07, 6.45) is 1.39. The Balaban J connectivity index is 2.20. The summed E-state index contributed by atoms with van der Waals surface area (Å²) in [5, 5.41) is 18.9. The van der Waals surface area contributed by atoms with Gasteiger partial charge < -0.3 is 4.90 Å². The summed E-state index contributed by atoms with van der Waals surface area (Å²) >= 11 is 0. The van der Waals surface area contributed by atoms with Crippen LogP contribution in [0.5, 0.6) is 0 Å². The number of carbonyl (C=O) groups is 1. The second-order valence-electron chi connectivity index (χ2n) is 3.94. The third-order valence-electron chi connectivity index (χ3n) is 2.80. The summed E-state index contributed by atoms with van der Waals surface area (Å²) in [5.74, 6) is -0.205. The van der Waals surface area contributed by atoms with E-state index >= 15 is 0 Å². The maximum Gasteiger partial charge on any atom is 0.276 e. The molecule has 1 amide bonds. The molecule has 2 rings (SSSR count). The lowest BCUT2D eigenvalue weighted by molar-refractivity contribution is 0.0746. The maximum absolute atomic E-state index is 12.2. The number of rotatable bonds is 4. The van der Waals surface area contributed by atoms with E-state index in [1.165, 1.54) is 6.20 Å². The minimum absolute atomic E-state index is 0.205. The Morgan fingerprint density at radius 3 is 2.89 bits per heavy atom. The zero-order valence-corrected chi connectivity index (χ0v) is 10.5. The van der Waals surface area contributed by atoms with Crippen molar-refractivity contribution < 1.29 is 4.79 Å². The first-order chi connectivity index (χ1) is 9.26. The highest BCUT2D eigenvalue weighted by Crippen LogP contribution is 2.12. The number of amides is 1. The molecule has 6 heteroatoms. The first kappa shape index (κ1) is 12.8. The summed E-state index contributed by atoms with van der Waals surface area (Å²) in [7, 11) is 0. The number of benzene rings is 1. The van der Waals surface area contributed by atoms with Gasteiger partial charge in [0, 0.05) is 13.1 Å². The van der Waals surface area contributed by atoms with Gasteiger partial charge in [-0.1, -0.05) is 18.2 Å². The van der Waals surface area contributed by atoms with E-state index in [1.54, 1.807) is 17.0 Å². The zero-order chi connectivity index (χ0) is 13.7. The van der Waals surface area contributed by atoms with Crippen molar-refractivity contribution in [2.45, 2.75) is 13.5 Å². The molecule has 0 unspecified atom stereocenters. The van der Waals surface area contributed by atoms with E-state index in [2.05, 4.69) is 21.5 Å². The third kappa shape index (κ3) is 2.77. The van der Waals surface area contributed by atoms with Gasteiger partial charge in [-0.3, -0.25) is 4.79 Å². The predicted molar refractivity (Wildman–Crippen MR) is 68.0 cm³/mol. The van der Waals surface area contributed by atoms with E-state index in [-0.39, 0.29) is 11.6 Å². The van der Waals surface area contributed by atoms with Gasteiger partial charge in [0.1, 0.15) is 0 Å². The van der Waals surface area contributed by atoms with Crippen LogP contribution >= 0.6 is 0 Å². The quantitative estimate of drug-likeness (QED) is 0.893. The Morgan fingerprint density at radius 2 is 2.26 bits per heavy atom. The summed E-state index contributed by atoms with van der Waals surface area (Å²) < 4.78 is 0. The van der Waals surface area contributed by atoms with Gasteiger partial charge in [0.15, 0.2) is 5.69 Å². The first-order valence-electron chi connectivity index (χ1n) is 5.89. The molecular weight excluding hydrogens is 242 g/mol. The Labute approximate surface area is 110 Å². The van der Waals surface area contributed by atoms with Gasteiger partial charge in [-0.05, 0) is 18.6 Å². The van der Waals surface area contributed by atoms with Gasteiger partial charge in [-0.25, -0.2) is 0 Å². The van der Waals surface area contributed by atoms with Gasteiger partial charge >= 0.3 is 0 Å². The monoisotopic (exact) mass is 255 g/mol. The van der Waals surface area contributed by atoms with E-state index in [0.29, 0.717) is 18.7 Å². The molecule has 0 saturated heterocycles. The molecule has 1 aromatic heterocycles. The minimum Gasteiger partial charge on any atom is -0.333 e. The van der Waals surface area contributed by atoms with Crippen molar-refractivity contribution in [3.8, 4) is 6.07 Å². The number of aromatic amines is 1. The molecule has 2 aromatic rings. The van der Waals surface area contributed by atoms with Crippen LogP contribution in [0.2, 0.25) is 0 Å². The predicted octanol–water partition coefficient (Wildman–Crippen LogP) is 1.34. The van der Waals surface area contributed by atoms with Crippen molar-refractivity contribution in [1.29, 1.82) is 5.26 Å². The fraction of sp³-hybridized carbons (Fsp3) is 0.231. The average molecular weight is 255 g/mol. The summed E-state index contributed by atoms with van der Waals surface area (Å²) in [5.41, 5.74) is 1.67. The lowest BCUT2D eigenvalue weighted by Crippen LogP contribution is -2.30. The highest BCUT2D eigenvalue weighted by atomic mass is 16.2. The van der Waals surface area contributed by atoms with Crippen molar-refractivity contribution in [3.05, 3.63) is 47.3 Å². The number of carbonyl (C=O) groups excluding carboxylic acids is 1. The van der Waals surface area contributed by atoms with Crippen LogP contribution in [0.4, 0.5) is 0 Å². The number of nitriles is 1. The lowest BCUT2D eigenvalue weighted by atomic mass is 10.1. The summed E-state index contributed by atoms with van der Waals surface area (Å²) in [4.78, 5) is 13.8. The molecule has 0 aliphatic heterocycles. The molecule has 19 heavy (non-hydrogen) atoms. The van der Waals surface area contributed by atoms with E-state index in [4.69, 9.17) is 5.26 Å². The molecule has 0 bridgehead atoms. The van der Waals surface area contributed by atoms with E-state index < -0.39 is 0 Å². The van der Waals surface area contributed by atoms with Crippen molar-refractivity contribution in [2.75, 3.05) is 6.54 Å². The van der Waals surface area contributed by atoms with Crippen LogP contribution in [-0.2, 0) is 6.54 Å². The number of hydrogen-bond acceptors (Lipinski definition) is 4. The molecule has 0 aliphatic carbocycles. The number of nitrogens with one attached hydrogen (secondary N) is 1. The summed E-state index contributed by atoms with van der Waals surface area (Å²) in [6, 6.07) is 9.37. The lowest BCUT2D eigenvalue weighted by Gasteiger charge is -2.20. The van der Waals surface area contributed by atoms with E-state index in [1.807, 2.05) is 19.1 Å². The largest absolute Gasteiger partial charge is 0.333 e. The Kier molecular flexibility index (Phi) is 3.88. The van der Waals surface area contributed by atoms with Crippen LogP contribution in [0, 0.1) is 11.3 Å². The number of hydrogen-bond donors (Lipinski definition) is 1. The second kappa shape index (κ2) is 5.78. The number of H-pyrrole nitrogens is 1. The molecule has 0 fully saturated rings. The van der Waals surface area contributed by atoms with Crippen molar-refractivity contribution in [1.82, 2.24) is 20.3 Å². The topological polar surface area (TPSA) is 85.7 Å². The normalized spacial score (nSPS) is 9.89. The molecule has 1 aromatic carbocycles. The Bertz CT molecular complexity index is 600. The second-order valence-corrected chi connectivity index (χ2v) is 3.94. The smallest absolute Gasteiger partial charge is 0.276 e. The van der Waals surface area contributed by atoms with E-state index in [9.17, 15) is 4.79 Å². The van der Waals surface area contributed by atoms with Gasteiger partial charge in [-0.15, -0.1) is 0 Å². The van der Waals surface area contributed by atoms with Crippen LogP contribution in [0.25, 0.3) is 0 Å². The van der Waals surface area contributed by atoms with Crippen LogP contribution in [-0.4, -0.2) is 32.8 Å². The molecule has 0 aliphatic rings. The maximum atomic E-state index is 12.2. The molecule has 0 spiro atoms. The Morgan fingerprint density at radius 1 is 1.47 bits per heavy atom. The highest BCUT2D eigenvalue weighted by Gasteiger charge is 2.17. The van der Waals surface area contributed by atoms with Crippen LogP contribution in [0.1, 0.15) is 28.5 Å². The van der Waals surface area contributed by atoms with E-state index in [0.717, 1.165) is 5.56 Å². The highest BCUT2D eigenvalue weighted by molar-refractivity contribution is 5.91. The molecule has 0 saturated carbocycles. The van der Waals surface area contributed by atoms with Crippen LogP contribution < -0.4 is 0 Å². The van der Waals surface area contributed by atoms with Gasteiger partial charge in [0.25, 0.3) is 5.91 Å². The fourth-order valence-corrected chi connectivity index (χ4v) is 1.77. The molecule has 1 N–H and O–H groups in total. The number of nitrogens with zero attached hydrogens (tertiary/aromatic N) is 4. The van der Waals surface area contributed by atoms with Gasteiger partial charge in [-0.2, -0.15) is 20.7 Å². The molecule has 1 heterocycles. The molecular formula is C13H13N5O. The van der Waals surface area contributed by atoms with Crippen molar-refractivity contribution in [3.63, 3.8) is 0 Å². The first-order valence-corrected chi connectivity index (χ1v) is 5.89. The molecule has 6 nitrogen and oxygen atoms in total. The van der Waals surface area contributed by atoms with Gasteiger partial charge in [0.2, 0.25) is 0 Å². The molecule has 0 radical (unpaired) electrons. The minimum atomic E-state index is -0.205. The fourth-order valence-electron chi connectivity index (χ4n) is 1.77. The van der Waals surface area contributed by atoms with Crippen molar-refractivity contribution in [2.24, 2.45) is 0 Å². The summed E-state index contributed by atoms with van der Waals surface area (Å²) in [6.45, 7) is 2.80. The average Bonchev–Trinajstić information content (AvgIpc) is 2.98. The number of aromatic nitrogens is 3.